The molecule has 160 valence electrons. The molecule has 1 N–H and O–H groups in total. The average Bonchev–Trinajstić information content (AvgIpc) is 2.81. The number of hydrogen-bond acceptors (Lipinski definition) is 4. The summed E-state index contributed by atoms with van der Waals surface area (Å²) < 4.78 is 1.25. The van der Waals surface area contributed by atoms with Crippen LogP contribution < -0.4 is 15.8 Å². The quantitative estimate of drug-likeness (QED) is 0.471. The number of carbonyl (C=O) groups excluding carboxylic acids is 1. The maximum Gasteiger partial charge on any atom is 0.278 e. The van der Waals surface area contributed by atoms with Gasteiger partial charge in [0.2, 0.25) is 0 Å². The maximum absolute atomic E-state index is 13.4. The van der Waals surface area contributed by atoms with Crippen LogP contribution in [-0.4, -0.2) is 21.7 Å². The molecule has 0 fully saturated rings. The van der Waals surface area contributed by atoms with Crippen LogP contribution in [0.15, 0.2) is 102 Å². The minimum Gasteiger partial charge on any atom is -0.356 e. The Balaban J connectivity index is 1.62. The molecule has 0 atom stereocenters. The van der Waals surface area contributed by atoms with Gasteiger partial charge in [-0.1, -0.05) is 36.4 Å². The van der Waals surface area contributed by atoms with Crippen LogP contribution in [0.4, 0.5) is 17.1 Å². The van der Waals surface area contributed by atoms with Crippen LogP contribution in [0.1, 0.15) is 24.3 Å². The zero-order valence-electron chi connectivity index (χ0n) is 18.0. The largest absolute Gasteiger partial charge is 0.356 e. The zero-order chi connectivity index (χ0) is 22.5. The van der Waals surface area contributed by atoms with Crippen molar-refractivity contribution in [2.75, 3.05) is 10.2 Å². The molecule has 4 aromatic rings. The van der Waals surface area contributed by atoms with Gasteiger partial charge in [-0.25, -0.2) is 0 Å². The lowest BCUT2D eigenvalue weighted by molar-refractivity contribution is 0.0973. The summed E-state index contributed by atoms with van der Waals surface area (Å²) in [6.45, 7) is 3.89. The van der Waals surface area contributed by atoms with E-state index in [1.54, 1.807) is 17.0 Å². The molecule has 0 aliphatic rings. The predicted molar refractivity (Wildman–Crippen MR) is 128 cm³/mol. The number of amides is 1. The first-order chi connectivity index (χ1) is 15.5. The molecule has 4 rings (SSSR count). The van der Waals surface area contributed by atoms with Gasteiger partial charge in [0.25, 0.3) is 11.5 Å². The normalized spacial score (nSPS) is 10.7. The number of hydrogen-bond donors (Lipinski definition) is 1. The van der Waals surface area contributed by atoms with E-state index in [2.05, 4.69) is 10.4 Å². The van der Waals surface area contributed by atoms with Gasteiger partial charge >= 0.3 is 0 Å². The molecule has 0 bridgehead atoms. The molecule has 6 nitrogen and oxygen atoms in total. The third-order valence-electron chi connectivity index (χ3n) is 4.96. The SMILES string of the molecule is CC(C)N(C(=O)c1ccc(=O)n(-c2ccccc2)n1)c1ccc(Nc2ccccc2)cc1. The van der Waals surface area contributed by atoms with E-state index in [0.29, 0.717) is 5.69 Å². The highest BCUT2D eigenvalue weighted by atomic mass is 16.2. The second-order valence-corrected chi connectivity index (χ2v) is 7.61. The number of anilines is 3. The minimum absolute atomic E-state index is 0.102. The first-order valence-corrected chi connectivity index (χ1v) is 10.4. The summed E-state index contributed by atoms with van der Waals surface area (Å²) in [5.74, 6) is -0.270. The maximum atomic E-state index is 13.4. The summed E-state index contributed by atoms with van der Waals surface area (Å²) in [5.41, 5.74) is 3.19. The highest BCUT2D eigenvalue weighted by Crippen LogP contribution is 2.24. The molecule has 0 saturated carbocycles. The molecule has 1 amide bonds. The van der Waals surface area contributed by atoms with Crippen LogP contribution in [-0.2, 0) is 0 Å². The Bertz CT molecular complexity index is 1250. The first-order valence-electron chi connectivity index (χ1n) is 10.4. The minimum atomic E-state index is -0.291. The third-order valence-corrected chi connectivity index (χ3v) is 4.96. The lowest BCUT2D eigenvalue weighted by atomic mass is 10.2. The molecular formula is C26H24N4O2. The van der Waals surface area contributed by atoms with Gasteiger partial charge in [0, 0.05) is 29.2 Å². The van der Waals surface area contributed by atoms with Crippen molar-refractivity contribution < 1.29 is 4.79 Å². The average molecular weight is 425 g/mol. The second-order valence-electron chi connectivity index (χ2n) is 7.61. The van der Waals surface area contributed by atoms with Gasteiger partial charge in [-0.2, -0.15) is 9.78 Å². The van der Waals surface area contributed by atoms with Crippen molar-refractivity contribution in [1.29, 1.82) is 0 Å². The Labute approximate surface area is 186 Å². The van der Waals surface area contributed by atoms with Crippen LogP contribution in [0.2, 0.25) is 0 Å². The second kappa shape index (κ2) is 9.31. The molecular weight excluding hydrogens is 400 g/mol. The molecule has 0 aliphatic carbocycles. The first kappa shape index (κ1) is 21.1. The highest BCUT2D eigenvalue weighted by molar-refractivity contribution is 6.05. The zero-order valence-corrected chi connectivity index (χ0v) is 18.0. The Morgan fingerprint density at radius 3 is 2.03 bits per heavy atom. The standard InChI is InChI=1S/C26H24N4O2/c1-19(2)29(22-15-13-21(14-16-22)27-20-9-5-3-6-10-20)26(32)24-17-18-25(31)30(28-24)23-11-7-4-8-12-23/h3-19,27H,1-2H3. The molecule has 1 aromatic heterocycles. The lowest BCUT2D eigenvalue weighted by Crippen LogP contribution is -2.38. The number of carbonyl (C=O) groups is 1. The summed E-state index contributed by atoms with van der Waals surface area (Å²) in [5, 5.41) is 7.68. The van der Waals surface area contributed by atoms with Crippen LogP contribution >= 0.6 is 0 Å². The molecule has 6 heteroatoms. The Hall–Kier alpha value is -4.19. The summed E-state index contributed by atoms with van der Waals surface area (Å²) in [7, 11) is 0. The van der Waals surface area contributed by atoms with Crippen LogP contribution in [0.3, 0.4) is 0 Å². The summed E-state index contributed by atoms with van der Waals surface area (Å²) >= 11 is 0. The Morgan fingerprint density at radius 2 is 1.41 bits per heavy atom. The number of nitrogens with one attached hydrogen (secondary N) is 1. The molecule has 3 aromatic carbocycles. The van der Waals surface area contributed by atoms with Crippen molar-refractivity contribution in [1.82, 2.24) is 9.78 Å². The monoisotopic (exact) mass is 424 g/mol. The van der Waals surface area contributed by atoms with E-state index in [0.717, 1.165) is 17.1 Å². The van der Waals surface area contributed by atoms with Gasteiger partial charge in [-0.05, 0) is 68.4 Å². The van der Waals surface area contributed by atoms with Crippen LogP contribution in [0.25, 0.3) is 5.69 Å². The van der Waals surface area contributed by atoms with E-state index >= 15 is 0 Å². The fourth-order valence-electron chi connectivity index (χ4n) is 3.45. The molecule has 1 heterocycles. The van der Waals surface area contributed by atoms with E-state index in [1.807, 2.05) is 86.6 Å². The Morgan fingerprint density at radius 1 is 0.812 bits per heavy atom. The van der Waals surface area contributed by atoms with Crippen LogP contribution in [0.5, 0.6) is 0 Å². The van der Waals surface area contributed by atoms with Crippen molar-refractivity contribution in [3.63, 3.8) is 0 Å². The van der Waals surface area contributed by atoms with Crippen molar-refractivity contribution >= 4 is 23.0 Å². The lowest BCUT2D eigenvalue weighted by Gasteiger charge is -2.27. The van der Waals surface area contributed by atoms with Crippen molar-refractivity contribution in [2.24, 2.45) is 0 Å². The van der Waals surface area contributed by atoms with E-state index in [9.17, 15) is 9.59 Å². The van der Waals surface area contributed by atoms with E-state index in [1.165, 1.54) is 16.8 Å². The smallest absolute Gasteiger partial charge is 0.278 e. The molecule has 0 radical (unpaired) electrons. The molecule has 32 heavy (non-hydrogen) atoms. The molecule has 0 spiro atoms. The van der Waals surface area contributed by atoms with Gasteiger partial charge in [0.05, 0.1) is 5.69 Å². The van der Waals surface area contributed by atoms with E-state index < -0.39 is 0 Å². The molecule has 0 saturated heterocycles. The van der Waals surface area contributed by atoms with E-state index in [-0.39, 0.29) is 23.2 Å². The fourth-order valence-corrected chi connectivity index (χ4v) is 3.45. The molecule has 0 aliphatic heterocycles. The van der Waals surface area contributed by atoms with Crippen molar-refractivity contribution in [2.45, 2.75) is 19.9 Å². The van der Waals surface area contributed by atoms with Gasteiger partial charge in [-0.3, -0.25) is 9.59 Å². The highest BCUT2D eigenvalue weighted by Gasteiger charge is 2.23. The Kier molecular flexibility index (Phi) is 6.12. The van der Waals surface area contributed by atoms with Gasteiger partial charge in [-0.15, -0.1) is 0 Å². The number of nitrogens with zero attached hydrogens (tertiary/aromatic N) is 3. The fraction of sp³-hybridized carbons (Fsp3) is 0.115. The van der Waals surface area contributed by atoms with Crippen molar-refractivity contribution in [3.05, 3.63) is 113 Å². The summed E-state index contributed by atoms with van der Waals surface area (Å²) in [6.07, 6.45) is 0. The topological polar surface area (TPSA) is 67.2 Å². The predicted octanol–water partition coefficient (Wildman–Crippen LogP) is 5.03. The number of aromatic nitrogens is 2. The summed E-state index contributed by atoms with van der Waals surface area (Å²) in [4.78, 5) is 27.4. The molecule has 0 unspecified atom stereocenters. The third kappa shape index (κ3) is 4.59. The van der Waals surface area contributed by atoms with E-state index in [4.69, 9.17) is 0 Å². The number of benzene rings is 3. The van der Waals surface area contributed by atoms with Crippen molar-refractivity contribution in [3.8, 4) is 5.69 Å². The summed E-state index contributed by atoms with van der Waals surface area (Å²) in [6, 6.07) is 29.4. The number of rotatable bonds is 6. The van der Waals surface area contributed by atoms with Gasteiger partial charge in [0.1, 0.15) is 5.69 Å². The number of para-hydroxylation sites is 2. The van der Waals surface area contributed by atoms with Gasteiger partial charge in [0.15, 0.2) is 0 Å². The van der Waals surface area contributed by atoms with Crippen LogP contribution in [0, 0.1) is 0 Å². The van der Waals surface area contributed by atoms with Gasteiger partial charge < -0.3 is 10.2 Å².